The Bertz CT molecular complexity index is 870. The smallest absolute Gasteiger partial charge is 0.288 e. The molecule has 11 heteroatoms. The number of amides is 2. The molecule has 27 heavy (non-hydrogen) atoms. The van der Waals surface area contributed by atoms with Gasteiger partial charge in [-0.2, -0.15) is 0 Å². The summed E-state index contributed by atoms with van der Waals surface area (Å²) in [5.74, 6) is -1.29. The minimum atomic E-state index is -0.860. The van der Waals surface area contributed by atoms with Crippen molar-refractivity contribution in [1.82, 2.24) is 15.5 Å². The van der Waals surface area contributed by atoms with Crippen molar-refractivity contribution in [1.29, 1.82) is 0 Å². The number of aryl methyl sites for hydroxylation is 1. The molecular weight excluding hydrogens is 394 g/mol. The van der Waals surface area contributed by atoms with Crippen LogP contribution in [0.4, 0.5) is 10.8 Å². The molecule has 2 rings (SSSR count). The van der Waals surface area contributed by atoms with E-state index < -0.39 is 22.8 Å². The third-order valence-electron chi connectivity index (χ3n) is 3.64. The predicted molar refractivity (Wildman–Crippen MR) is 102 cm³/mol. The van der Waals surface area contributed by atoms with Gasteiger partial charge in [0.1, 0.15) is 16.1 Å². The molecule has 0 saturated heterocycles. The third-order valence-corrected chi connectivity index (χ3v) is 4.94. The van der Waals surface area contributed by atoms with E-state index in [2.05, 4.69) is 20.8 Å². The van der Waals surface area contributed by atoms with Crippen LogP contribution in [0.15, 0.2) is 18.2 Å². The Morgan fingerprint density at radius 1 is 1.33 bits per heavy atom. The van der Waals surface area contributed by atoms with Crippen molar-refractivity contribution in [3.05, 3.63) is 43.9 Å². The number of benzene rings is 1. The molecule has 2 aromatic rings. The van der Waals surface area contributed by atoms with Gasteiger partial charge in [-0.05, 0) is 24.5 Å². The first-order chi connectivity index (χ1) is 12.7. The lowest BCUT2D eigenvalue weighted by molar-refractivity contribution is -0.384. The Kier molecular flexibility index (Phi) is 6.81. The van der Waals surface area contributed by atoms with Gasteiger partial charge in [0.25, 0.3) is 11.6 Å². The SMILES string of the molecule is CCc1nnc(NC(=O)C(NC(=O)c2ccc(Cl)c([N+](=O)[O-])c2)C(C)C)s1. The first-order valence-corrected chi connectivity index (χ1v) is 9.30. The van der Waals surface area contributed by atoms with E-state index in [0.717, 1.165) is 11.1 Å². The zero-order chi connectivity index (χ0) is 20.1. The second kappa shape index (κ2) is 8.87. The fraction of sp³-hybridized carbons (Fsp3) is 0.375. The van der Waals surface area contributed by atoms with Gasteiger partial charge in [-0.1, -0.05) is 43.7 Å². The van der Waals surface area contributed by atoms with E-state index in [1.165, 1.54) is 23.5 Å². The standard InChI is InChI=1S/C16H18ClN5O4S/c1-4-12-20-21-16(27-12)19-15(24)13(8(2)3)18-14(23)9-5-6-10(17)11(7-9)22(25)26/h5-8,13H,4H2,1-3H3,(H,18,23)(H,19,21,24). The van der Waals surface area contributed by atoms with E-state index in [0.29, 0.717) is 11.6 Å². The van der Waals surface area contributed by atoms with Crippen LogP contribution in [0.3, 0.4) is 0 Å². The Balaban J connectivity index is 2.15. The Labute approximate surface area is 164 Å². The molecule has 1 aromatic carbocycles. The maximum atomic E-state index is 12.5. The van der Waals surface area contributed by atoms with Gasteiger partial charge in [-0.15, -0.1) is 10.2 Å². The highest BCUT2D eigenvalue weighted by atomic mass is 35.5. The number of anilines is 1. The van der Waals surface area contributed by atoms with Gasteiger partial charge >= 0.3 is 0 Å². The lowest BCUT2D eigenvalue weighted by atomic mass is 10.0. The Hall–Kier alpha value is -2.59. The molecule has 0 fully saturated rings. The second-order valence-corrected chi connectivity index (χ2v) is 7.43. The van der Waals surface area contributed by atoms with Crippen LogP contribution < -0.4 is 10.6 Å². The number of halogens is 1. The lowest BCUT2D eigenvalue weighted by Crippen LogP contribution is -2.47. The summed E-state index contributed by atoms with van der Waals surface area (Å²) in [6.07, 6.45) is 0.702. The van der Waals surface area contributed by atoms with Gasteiger partial charge in [0.05, 0.1) is 4.92 Å². The van der Waals surface area contributed by atoms with E-state index in [9.17, 15) is 19.7 Å². The summed E-state index contributed by atoms with van der Waals surface area (Å²) >= 11 is 7.01. The predicted octanol–water partition coefficient (Wildman–Crippen LogP) is 3.06. The van der Waals surface area contributed by atoms with Gasteiger partial charge in [0, 0.05) is 11.6 Å². The highest BCUT2D eigenvalue weighted by molar-refractivity contribution is 7.15. The Morgan fingerprint density at radius 2 is 2.04 bits per heavy atom. The monoisotopic (exact) mass is 411 g/mol. The molecule has 0 bridgehead atoms. The fourth-order valence-corrected chi connectivity index (χ4v) is 3.05. The van der Waals surface area contributed by atoms with Gasteiger partial charge in [0.2, 0.25) is 11.0 Å². The first-order valence-electron chi connectivity index (χ1n) is 8.11. The van der Waals surface area contributed by atoms with Crippen molar-refractivity contribution in [2.45, 2.75) is 33.2 Å². The first kappa shape index (κ1) is 20.7. The quantitative estimate of drug-likeness (QED) is 0.532. The summed E-state index contributed by atoms with van der Waals surface area (Å²) in [6, 6.07) is 2.84. The van der Waals surface area contributed by atoms with Crippen molar-refractivity contribution in [3.63, 3.8) is 0 Å². The van der Waals surface area contributed by atoms with Crippen LogP contribution in [0.5, 0.6) is 0 Å². The molecule has 0 aliphatic rings. The van der Waals surface area contributed by atoms with Gasteiger partial charge in [-0.25, -0.2) is 0 Å². The highest BCUT2D eigenvalue weighted by Crippen LogP contribution is 2.25. The summed E-state index contributed by atoms with van der Waals surface area (Å²) in [5.41, 5.74) is -0.343. The number of nitrogens with zero attached hydrogens (tertiary/aromatic N) is 3. The van der Waals surface area contributed by atoms with Crippen molar-refractivity contribution in [3.8, 4) is 0 Å². The summed E-state index contributed by atoms with van der Waals surface area (Å²) in [7, 11) is 0. The number of nitro groups is 1. The van der Waals surface area contributed by atoms with Crippen molar-refractivity contribution in [2.75, 3.05) is 5.32 Å². The molecule has 0 aliphatic heterocycles. The van der Waals surface area contributed by atoms with E-state index in [1.807, 2.05) is 6.92 Å². The molecule has 1 heterocycles. The number of hydrogen-bond acceptors (Lipinski definition) is 7. The van der Waals surface area contributed by atoms with Crippen molar-refractivity contribution < 1.29 is 14.5 Å². The normalized spacial score (nSPS) is 11.9. The average Bonchev–Trinajstić information content (AvgIpc) is 3.06. The molecule has 144 valence electrons. The molecule has 1 unspecified atom stereocenters. The number of carbonyl (C=O) groups is 2. The number of rotatable bonds is 7. The van der Waals surface area contributed by atoms with Gasteiger partial charge in [0.15, 0.2) is 0 Å². The summed E-state index contributed by atoms with van der Waals surface area (Å²) < 4.78 is 0. The second-order valence-electron chi connectivity index (χ2n) is 5.96. The zero-order valence-corrected chi connectivity index (χ0v) is 16.4. The average molecular weight is 412 g/mol. The topological polar surface area (TPSA) is 127 Å². The number of nitrogens with one attached hydrogen (secondary N) is 2. The van der Waals surface area contributed by atoms with Crippen LogP contribution in [-0.2, 0) is 11.2 Å². The highest BCUT2D eigenvalue weighted by Gasteiger charge is 2.26. The van der Waals surface area contributed by atoms with Crippen LogP contribution >= 0.6 is 22.9 Å². The largest absolute Gasteiger partial charge is 0.340 e. The molecular formula is C16H18ClN5O4S. The summed E-state index contributed by atoms with van der Waals surface area (Å²) in [5, 5.41) is 25.1. The summed E-state index contributed by atoms with van der Waals surface area (Å²) in [4.78, 5) is 35.3. The van der Waals surface area contributed by atoms with Gasteiger partial charge in [-0.3, -0.25) is 25.0 Å². The molecule has 2 amide bonds. The van der Waals surface area contributed by atoms with E-state index >= 15 is 0 Å². The molecule has 0 saturated carbocycles. The van der Waals surface area contributed by atoms with Crippen molar-refractivity contribution >= 4 is 45.6 Å². The van der Waals surface area contributed by atoms with E-state index in [1.54, 1.807) is 13.8 Å². The van der Waals surface area contributed by atoms with Crippen LogP contribution in [0, 0.1) is 16.0 Å². The molecule has 0 radical (unpaired) electrons. The molecule has 1 atom stereocenters. The van der Waals surface area contributed by atoms with Crippen LogP contribution in [-0.4, -0.2) is 33.0 Å². The molecule has 0 aliphatic carbocycles. The van der Waals surface area contributed by atoms with Crippen molar-refractivity contribution in [2.24, 2.45) is 5.92 Å². The van der Waals surface area contributed by atoms with Crippen LogP contribution in [0.25, 0.3) is 0 Å². The number of aromatic nitrogens is 2. The molecule has 0 spiro atoms. The van der Waals surface area contributed by atoms with Gasteiger partial charge < -0.3 is 5.32 Å². The molecule has 9 nitrogen and oxygen atoms in total. The molecule has 1 aromatic heterocycles. The minimum Gasteiger partial charge on any atom is -0.340 e. The number of hydrogen-bond donors (Lipinski definition) is 2. The fourth-order valence-electron chi connectivity index (χ4n) is 2.18. The Morgan fingerprint density at radius 3 is 2.59 bits per heavy atom. The van der Waals surface area contributed by atoms with E-state index in [-0.39, 0.29) is 22.2 Å². The maximum Gasteiger partial charge on any atom is 0.288 e. The zero-order valence-electron chi connectivity index (χ0n) is 14.9. The third kappa shape index (κ3) is 5.20. The lowest BCUT2D eigenvalue weighted by Gasteiger charge is -2.21. The summed E-state index contributed by atoms with van der Waals surface area (Å²) in [6.45, 7) is 5.47. The van der Waals surface area contributed by atoms with E-state index in [4.69, 9.17) is 11.6 Å². The number of carbonyl (C=O) groups excluding carboxylic acids is 2. The molecule has 2 N–H and O–H groups in total. The maximum absolute atomic E-state index is 12.5. The minimum absolute atomic E-state index is 0.0359. The van der Waals surface area contributed by atoms with Crippen LogP contribution in [0.1, 0.15) is 36.1 Å². The van der Waals surface area contributed by atoms with Crippen LogP contribution in [0.2, 0.25) is 5.02 Å². The number of nitro benzene ring substituents is 1.